The lowest BCUT2D eigenvalue weighted by Crippen LogP contribution is -2.31. The number of urea groups is 1. The maximum absolute atomic E-state index is 12.1. The molecule has 5 N–H and O–H groups in total. The molecule has 0 saturated carbocycles. The molecule has 1 heterocycles. The highest BCUT2D eigenvalue weighted by atomic mass is 16.5. The van der Waals surface area contributed by atoms with Crippen molar-refractivity contribution in [2.45, 2.75) is 0 Å². The van der Waals surface area contributed by atoms with Crippen LogP contribution in [0.1, 0.15) is 0 Å². The molecule has 4 aromatic rings. The van der Waals surface area contributed by atoms with Crippen molar-refractivity contribution >= 4 is 34.1 Å². The zero-order chi connectivity index (χ0) is 22.7. The minimum absolute atomic E-state index is 0.403. The molecule has 0 saturated heterocycles. The van der Waals surface area contributed by atoms with Gasteiger partial charge in [0.1, 0.15) is 17.9 Å². The summed E-state index contributed by atoms with van der Waals surface area (Å²) in [4.78, 5) is 15.6. The molecule has 0 atom stereocenters. The number of aromatic amines is 1. The summed E-state index contributed by atoms with van der Waals surface area (Å²) in [6.45, 7) is 1.35. The van der Waals surface area contributed by atoms with Gasteiger partial charge in [-0.25, -0.2) is 4.79 Å². The molecule has 0 aliphatic heterocycles. The van der Waals surface area contributed by atoms with Crippen molar-refractivity contribution in [1.29, 1.82) is 0 Å². The van der Waals surface area contributed by atoms with Gasteiger partial charge in [0.15, 0.2) is 5.82 Å². The molecular weight excluding hydrogens is 404 g/mol. The number of nitrogens with one attached hydrogen (secondary N) is 1. The number of para-hydroxylation sites is 1. The molecule has 2 amide bonds. The number of primary amides is 1. The van der Waals surface area contributed by atoms with E-state index in [1.807, 2.05) is 80.8 Å². The van der Waals surface area contributed by atoms with Crippen LogP contribution in [-0.2, 0) is 0 Å². The highest BCUT2D eigenvalue weighted by molar-refractivity contribution is 6.04. The predicted molar refractivity (Wildman–Crippen MR) is 128 cm³/mol. The van der Waals surface area contributed by atoms with Crippen molar-refractivity contribution in [3.8, 4) is 16.9 Å². The minimum Gasteiger partial charge on any atom is -0.490 e. The first kappa shape index (κ1) is 21.2. The molecule has 8 heteroatoms. The third-order valence-electron chi connectivity index (χ3n) is 5.18. The van der Waals surface area contributed by atoms with E-state index in [-0.39, 0.29) is 0 Å². The topological polar surface area (TPSA) is 114 Å². The summed E-state index contributed by atoms with van der Waals surface area (Å²) in [5.41, 5.74) is 15.8. The second-order valence-corrected chi connectivity index (χ2v) is 7.68. The number of hydrogen-bond donors (Lipinski definition) is 3. The normalized spacial score (nSPS) is 11.1. The first-order valence-corrected chi connectivity index (χ1v) is 10.2. The number of carbonyl (C=O) groups is 1. The lowest BCUT2D eigenvalue weighted by Gasteiger charge is -2.21. The molecule has 164 valence electrons. The van der Waals surface area contributed by atoms with Crippen LogP contribution >= 0.6 is 0 Å². The number of hydrogen-bond acceptors (Lipinski definition) is 5. The van der Waals surface area contributed by atoms with Gasteiger partial charge < -0.3 is 21.1 Å². The van der Waals surface area contributed by atoms with Gasteiger partial charge in [-0.1, -0.05) is 30.3 Å². The average molecular weight is 431 g/mol. The predicted octanol–water partition coefficient (Wildman–Crippen LogP) is 3.97. The standard InChI is InChI=1S/C24H26N6O2/c1-29(2)14-15-32-20-13-12-19(21-22(20)27-28-23(21)25)16-8-10-18(11-9-16)30(24(26)31)17-6-4-3-5-7-17/h3-13H,14-15H2,1-2H3,(H2,26,31)(H3,25,27,28). The fourth-order valence-electron chi connectivity index (χ4n) is 3.60. The van der Waals surface area contributed by atoms with Crippen molar-refractivity contribution in [1.82, 2.24) is 15.1 Å². The maximum atomic E-state index is 12.1. The molecule has 3 aromatic carbocycles. The monoisotopic (exact) mass is 430 g/mol. The highest BCUT2D eigenvalue weighted by Gasteiger charge is 2.17. The fourth-order valence-corrected chi connectivity index (χ4v) is 3.60. The first-order chi connectivity index (χ1) is 15.5. The lowest BCUT2D eigenvalue weighted by atomic mass is 10.0. The number of aromatic nitrogens is 2. The van der Waals surface area contributed by atoms with E-state index in [0.29, 0.717) is 29.5 Å². The van der Waals surface area contributed by atoms with Crippen molar-refractivity contribution in [3.05, 3.63) is 66.7 Å². The van der Waals surface area contributed by atoms with E-state index in [1.165, 1.54) is 4.90 Å². The number of nitrogen functional groups attached to an aromatic ring is 1. The highest BCUT2D eigenvalue weighted by Crippen LogP contribution is 2.37. The Bertz CT molecular complexity index is 1220. The van der Waals surface area contributed by atoms with E-state index in [9.17, 15) is 4.79 Å². The van der Waals surface area contributed by atoms with Gasteiger partial charge in [0.2, 0.25) is 0 Å². The van der Waals surface area contributed by atoms with E-state index in [4.69, 9.17) is 16.2 Å². The van der Waals surface area contributed by atoms with Gasteiger partial charge in [0, 0.05) is 6.54 Å². The molecule has 4 rings (SSSR count). The molecule has 0 aliphatic carbocycles. The summed E-state index contributed by atoms with van der Waals surface area (Å²) in [5, 5.41) is 7.98. The maximum Gasteiger partial charge on any atom is 0.323 e. The van der Waals surface area contributed by atoms with Gasteiger partial charge in [0.05, 0.1) is 16.8 Å². The summed E-state index contributed by atoms with van der Waals surface area (Å²) in [6, 6.07) is 20.2. The quantitative estimate of drug-likeness (QED) is 0.411. The second-order valence-electron chi connectivity index (χ2n) is 7.68. The number of amides is 2. The number of H-pyrrole nitrogens is 1. The van der Waals surface area contributed by atoms with Crippen molar-refractivity contribution in [2.24, 2.45) is 5.73 Å². The zero-order valence-corrected chi connectivity index (χ0v) is 18.1. The summed E-state index contributed by atoms with van der Waals surface area (Å²) < 4.78 is 5.93. The smallest absolute Gasteiger partial charge is 0.323 e. The number of anilines is 3. The molecular formula is C24H26N6O2. The average Bonchev–Trinajstić information content (AvgIpc) is 3.17. The number of nitrogens with zero attached hydrogens (tertiary/aromatic N) is 3. The van der Waals surface area contributed by atoms with Gasteiger partial charge in [-0.05, 0) is 61.6 Å². The Hall–Kier alpha value is -4.04. The van der Waals surface area contributed by atoms with Crippen LogP contribution in [0.5, 0.6) is 5.75 Å². The molecule has 32 heavy (non-hydrogen) atoms. The van der Waals surface area contributed by atoms with E-state index < -0.39 is 6.03 Å². The van der Waals surface area contributed by atoms with Crippen molar-refractivity contribution in [2.75, 3.05) is 37.9 Å². The summed E-state index contributed by atoms with van der Waals surface area (Å²) in [7, 11) is 3.99. The van der Waals surface area contributed by atoms with Crippen LogP contribution in [0.4, 0.5) is 22.0 Å². The van der Waals surface area contributed by atoms with Crippen molar-refractivity contribution < 1.29 is 9.53 Å². The van der Waals surface area contributed by atoms with Gasteiger partial charge in [0.25, 0.3) is 0 Å². The van der Waals surface area contributed by atoms with E-state index >= 15 is 0 Å². The van der Waals surface area contributed by atoms with Crippen LogP contribution in [0.3, 0.4) is 0 Å². The number of benzene rings is 3. The molecule has 0 unspecified atom stereocenters. The molecule has 0 bridgehead atoms. The Balaban J connectivity index is 1.68. The first-order valence-electron chi connectivity index (χ1n) is 10.2. The molecule has 0 fully saturated rings. The Kier molecular flexibility index (Phi) is 5.96. The molecule has 0 spiro atoms. The van der Waals surface area contributed by atoms with Gasteiger partial charge >= 0.3 is 6.03 Å². The molecule has 0 radical (unpaired) electrons. The minimum atomic E-state index is -0.551. The van der Waals surface area contributed by atoms with Gasteiger partial charge in [-0.3, -0.25) is 10.00 Å². The number of fused-ring (bicyclic) bond motifs is 1. The van der Waals surface area contributed by atoms with Crippen LogP contribution in [0.15, 0.2) is 66.7 Å². The Morgan fingerprint density at radius 2 is 1.69 bits per heavy atom. The fraction of sp³-hybridized carbons (Fsp3) is 0.167. The van der Waals surface area contributed by atoms with E-state index in [0.717, 1.165) is 28.6 Å². The Labute approximate surface area is 186 Å². The number of nitrogens with two attached hydrogens (primary N) is 2. The number of carbonyl (C=O) groups excluding carboxylic acids is 1. The van der Waals surface area contributed by atoms with Crippen LogP contribution in [0.25, 0.3) is 22.0 Å². The van der Waals surface area contributed by atoms with E-state index in [2.05, 4.69) is 15.1 Å². The van der Waals surface area contributed by atoms with E-state index in [1.54, 1.807) is 0 Å². The number of rotatable bonds is 7. The third kappa shape index (κ3) is 4.21. The molecule has 1 aromatic heterocycles. The SMILES string of the molecule is CN(C)CCOc1ccc(-c2ccc(N(C(N)=O)c3ccccc3)cc2)c2c(N)n[nH]c12. The molecule has 0 aliphatic rings. The van der Waals surface area contributed by atoms with Crippen LogP contribution in [0.2, 0.25) is 0 Å². The number of likely N-dealkylation sites (N-methyl/N-ethyl adjacent to an activating group) is 1. The van der Waals surface area contributed by atoms with Crippen LogP contribution < -0.4 is 21.1 Å². The zero-order valence-electron chi connectivity index (χ0n) is 18.1. The van der Waals surface area contributed by atoms with Crippen LogP contribution in [0, 0.1) is 0 Å². The lowest BCUT2D eigenvalue weighted by molar-refractivity contribution is 0.256. The third-order valence-corrected chi connectivity index (χ3v) is 5.18. The summed E-state index contributed by atoms with van der Waals surface area (Å²) in [5.74, 6) is 1.11. The molecule has 8 nitrogen and oxygen atoms in total. The van der Waals surface area contributed by atoms with Gasteiger partial charge in [-0.2, -0.15) is 5.10 Å². The Morgan fingerprint density at radius 1 is 1.00 bits per heavy atom. The van der Waals surface area contributed by atoms with Crippen LogP contribution in [-0.4, -0.2) is 48.4 Å². The number of ether oxygens (including phenoxy) is 1. The second kappa shape index (κ2) is 8.99. The Morgan fingerprint density at radius 3 is 2.34 bits per heavy atom. The van der Waals surface area contributed by atoms with Crippen molar-refractivity contribution in [3.63, 3.8) is 0 Å². The summed E-state index contributed by atoms with van der Waals surface area (Å²) >= 11 is 0. The summed E-state index contributed by atoms with van der Waals surface area (Å²) in [6.07, 6.45) is 0. The largest absolute Gasteiger partial charge is 0.490 e. The van der Waals surface area contributed by atoms with Gasteiger partial charge in [-0.15, -0.1) is 0 Å².